The second-order valence-corrected chi connectivity index (χ2v) is 5.68. The molecule has 0 unspecified atom stereocenters. The molecule has 1 atom stereocenters. The molecule has 1 aliphatic carbocycles. The molecule has 0 saturated heterocycles. The molecule has 124 valence electrons. The Kier molecular flexibility index (Phi) is 5.00. The Balaban J connectivity index is 1.44. The van der Waals surface area contributed by atoms with Crippen molar-refractivity contribution in [2.24, 2.45) is 5.92 Å². The monoisotopic (exact) mass is 325 g/mol. The molecule has 2 amide bonds. The molecule has 3 rings (SSSR count). The van der Waals surface area contributed by atoms with Gasteiger partial charge in [-0.05, 0) is 43.0 Å². The number of anilines is 1. The maximum absolute atomic E-state index is 11.9. The van der Waals surface area contributed by atoms with Crippen LogP contribution >= 0.6 is 0 Å². The van der Waals surface area contributed by atoms with Crippen molar-refractivity contribution in [3.8, 4) is 5.69 Å². The largest absolute Gasteiger partial charge is 0.347 e. The fourth-order valence-corrected chi connectivity index (χ4v) is 2.60. The van der Waals surface area contributed by atoms with Gasteiger partial charge in [-0.1, -0.05) is 12.2 Å². The third-order valence-corrected chi connectivity index (χ3v) is 3.84. The molecule has 7 nitrogen and oxygen atoms in total. The molecule has 1 aliphatic rings. The molecule has 1 aromatic carbocycles. The summed E-state index contributed by atoms with van der Waals surface area (Å²) in [4.78, 5) is 27.6. The topological polar surface area (TPSA) is 88.9 Å². The Hall–Kier alpha value is -2.96. The van der Waals surface area contributed by atoms with E-state index in [9.17, 15) is 9.59 Å². The van der Waals surface area contributed by atoms with Crippen LogP contribution in [0.2, 0.25) is 0 Å². The summed E-state index contributed by atoms with van der Waals surface area (Å²) in [7, 11) is 0. The van der Waals surface area contributed by atoms with Crippen molar-refractivity contribution in [2.75, 3.05) is 11.9 Å². The van der Waals surface area contributed by atoms with Crippen molar-refractivity contribution in [2.45, 2.75) is 19.3 Å². The van der Waals surface area contributed by atoms with Crippen molar-refractivity contribution in [1.82, 2.24) is 20.1 Å². The van der Waals surface area contributed by atoms with Crippen molar-refractivity contribution in [3.63, 3.8) is 0 Å². The van der Waals surface area contributed by atoms with Gasteiger partial charge in [0.1, 0.15) is 12.7 Å². The normalized spacial score (nSPS) is 16.1. The lowest BCUT2D eigenvalue weighted by molar-refractivity contribution is -0.124. The van der Waals surface area contributed by atoms with E-state index in [0.717, 1.165) is 18.5 Å². The molecule has 2 aromatic rings. The van der Waals surface area contributed by atoms with E-state index in [1.54, 1.807) is 23.1 Å². The first-order valence-electron chi connectivity index (χ1n) is 7.89. The van der Waals surface area contributed by atoms with E-state index < -0.39 is 0 Å². The smallest absolute Gasteiger partial charge is 0.243 e. The van der Waals surface area contributed by atoms with Gasteiger partial charge < -0.3 is 10.6 Å². The van der Waals surface area contributed by atoms with Crippen LogP contribution in [0.5, 0.6) is 0 Å². The number of nitrogens with zero attached hydrogens (tertiary/aromatic N) is 3. The lowest BCUT2D eigenvalue weighted by Gasteiger charge is -2.09. The first kappa shape index (κ1) is 15.9. The highest BCUT2D eigenvalue weighted by atomic mass is 16.2. The summed E-state index contributed by atoms with van der Waals surface area (Å²) in [5, 5.41) is 9.44. The van der Waals surface area contributed by atoms with Crippen LogP contribution in [0.25, 0.3) is 5.69 Å². The fraction of sp³-hybridized carbons (Fsp3) is 0.294. The van der Waals surface area contributed by atoms with Gasteiger partial charge in [0.05, 0.1) is 12.2 Å². The SMILES string of the molecule is O=C(C[C@@H]1C=CCC1)NCC(=O)Nc1ccc(-n2cncn2)cc1. The summed E-state index contributed by atoms with van der Waals surface area (Å²) in [6.45, 7) is -0.0277. The second kappa shape index (κ2) is 7.54. The molecular weight excluding hydrogens is 306 g/mol. The first-order valence-corrected chi connectivity index (χ1v) is 7.89. The average Bonchev–Trinajstić information content (AvgIpc) is 3.27. The Morgan fingerprint density at radius 3 is 2.71 bits per heavy atom. The third kappa shape index (κ3) is 4.28. The van der Waals surface area contributed by atoms with Crippen LogP contribution in [-0.2, 0) is 9.59 Å². The molecule has 0 bridgehead atoms. The van der Waals surface area contributed by atoms with Gasteiger partial charge in [0.15, 0.2) is 0 Å². The van der Waals surface area contributed by atoms with E-state index in [1.807, 2.05) is 12.1 Å². The van der Waals surface area contributed by atoms with Gasteiger partial charge in [-0.15, -0.1) is 0 Å². The minimum Gasteiger partial charge on any atom is -0.347 e. The summed E-state index contributed by atoms with van der Waals surface area (Å²) in [5.74, 6) is -0.0422. The number of rotatable bonds is 6. The van der Waals surface area contributed by atoms with E-state index in [-0.39, 0.29) is 18.4 Å². The Morgan fingerprint density at radius 2 is 2.04 bits per heavy atom. The van der Waals surface area contributed by atoms with Crippen LogP contribution in [0.3, 0.4) is 0 Å². The predicted molar refractivity (Wildman–Crippen MR) is 89.5 cm³/mol. The summed E-state index contributed by atoms with van der Waals surface area (Å²) in [6, 6.07) is 7.21. The molecule has 0 saturated carbocycles. The Labute approximate surface area is 139 Å². The maximum atomic E-state index is 11.9. The summed E-state index contributed by atoms with van der Waals surface area (Å²) < 4.78 is 1.63. The summed E-state index contributed by atoms with van der Waals surface area (Å²) >= 11 is 0. The highest BCUT2D eigenvalue weighted by Crippen LogP contribution is 2.19. The average molecular weight is 325 g/mol. The van der Waals surface area contributed by atoms with Gasteiger partial charge in [0.25, 0.3) is 0 Å². The van der Waals surface area contributed by atoms with Gasteiger partial charge >= 0.3 is 0 Å². The molecule has 24 heavy (non-hydrogen) atoms. The lowest BCUT2D eigenvalue weighted by atomic mass is 10.1. The fourth-order valence-electron chi connectivity index (χ4n) is 2.60. The van der Waals surface area contributed by atoms with Gasteiger partial charge in [-0.25, -0.2) is 9.67 Å². The third-order valence-electron chi connectivity index (χ3n) is 3.84. The zero-order chi connectivity index (χ0) is 16.8. The number of amides is 2. The van der Waals surface area contributed by atoms with Crippen LogP contribution in [0, 0.1) is 5.92 Å². The van der Waals surface area contributed by atoms with Crippen LogP contribution in [-0.4, -0.2) is 33.1 Å². The van der Waals surface area contributed by atoms with Gasteiger partial charge in [-0.3, -0.25) is 9.59 Å². The number of hydrogen-bond acceptors (Lipinski definition) is 4. The number of carbonyl (C=O) groups excluding carboxylic acids is 2. The van der Waals surface area contributed by atoms with Crippen LogP contribution < -0.4 is 10.6 Å². The van der Waals surface area contributed by atoms with Crippen LogP contribution in [0.1, 0.15) is 19.3 Å². The molecule has 0 aliphatic heterocycles. The predicted octanol–water partition coefficient (Wildman–Crippen LogP) is 1.68. The molecule has 0 spiro atoms. The van der Waals surface area contributed by atoms with E-state index in [2.05, 4.69) is 32.9 Å². The molecule has 1 aromatic heterocycles. The highest BCUT2D eigenvalue weighted by molar-refractivity contribution is 5.94. The number of nitrogens with one attached hydrogen (secondary N) is 2. The van der Waals surface area contributed by atoms with Crippen LogP contribution in [0.4, 0.5) is 5.69 Å². The van der Waals surface area contributed by atoms with Crippen molar-refractivity contribution in [3.05, 3.63) is 49.1 Å². The van der Waals surface area contributed by atoms with E-state index in [1.165, 1.54) is 6.33 Å². The Morgan fingerprint density at radius 1 is 1.21 bits per heavy atom. The van der Waals surface area contributed by atoms with E-state index >= 15 is 0 Å². The van der Waals surface area contributed by atoms with Crippen molar-refractivity contribution < 1.29 is 9.59 Å². The number of hydrogen-bond donors (Lipinski definition) is 2. The maximum Gasteiger partial charge on any atom is 0.243 e. The van der Waals surface area contributed by atoms with Gasteiger partial charge in [0.2, 0.25) is 11.8 Å². The Bertz CT molecular complexity index is 722. The highest BCUT2D eigenvalue weighted by Gasteiger charge is 2.14. The van der Waals surface area contributed by atoms with Gasteiger partial charge in [-0.2, -0.15) is 5.10 Å². The zero-order valence-corrected chi connectivity index (χ0v) is 13.2. The molecule has 0 fully saturated rings. The first-order chi connectivity index (χ1) is 11.7. The molecular formula is C17H19N5O2. The number of allylic oxidation sites excluding steroid dienone is 2. The van der Waals surface area contributed by atoms with Crippen molar-refractivity contribution >= 4 is 17.5 Å². The molecule has 0 radical (unpaired) electrons. The minimum atomic E-state index is -0.251. The standard InChI is InChI=1S/C17H19N5O2/c23-16(9-13-3-1-2-4-13)19-10-17(24)21-14-5-7-15(8-6-14)22-12-18-11-20-22/h1,3,5-8,11-13H,2,4,9-10H2,(H,19,23)(H,21,24)/t13-/m1/s1. The summed E-state index contributed by atoms with van der Waals surface area (Å²) in [6.07, 6.45) is 9.70. The van der Waals surface area contributed by atoms with Crippen LogP contribution in [0.15, 0.2) is 49.1 Å². The molecule has 1 heterocycles. The molecule has 2 N–H and O–H groups in total. The number of benzene rings is 1. The zero-order valence-electron chi connectivity index (χ0n) is 13.2. The minimum absolute atomic E-state index is 0.0277. The van der Waals surface area contributed by atoms with Gasteiger partial charge in [0, 0.05) is 12.1 Å². The second-order valence-electron chi connectivity index (χ2n) is 5.68. The lowest BCUT2D eigenvalue weighted by Crippen LogP contribution is -2.33. The quantitative estimate of drug-likeness (QED) is 0.791. The van der Waals surface area contributed by atoms with E-state index in [4.69, 9.17) is 0 Å². The van der Waals surface area contributed by atoms with E-state index in [0.29, 0.717) is 18.0 Å². The summed E-state index contributed by atoms with van der Waals surface area (Å²) in [5.41, 5.74) is 1.51. The number of aromatic nitrogens is 3. The molecule has 7 heteroatoms. The van der Waals surface area contributed by atoms with Crippen molar-refractivity contribution in [1.29, 1.82) is 0 Å². The number of carbonyl (C=O) groups is 2.